The van der Waals surface area contributed by atoms with E-state index in [4.69, 9.17) is 4.74 Å². The molecular weight excluding hydrogens is 226 g/mol. The van der Waals surface area contributed by atoms with E-state index in [9.17, 15) is 20.4 Å². The predicted octanol–water partition coefficient (Wildman–Crippen LogP) is -0.280. The first-order chi connectivity index (χ1) is 8.01. The molecule has 0 fully saturated rings. The van der Waals surface area contributed by atoms with Gasteiger partial charge in [0.25, 0.3) is 0 Å². The molecule has 0 aliphatic rings. The van der Waals surface area contributed by atoms with Gasteiger partial charge in [-0.25, -0.2) is 0 Å². The molecule has 6 nitrogen and oxygen atoms in total. The molecule has 0 bridgehead atoms. The topological polar surface area (TPSA) is 102 Å². The zero-order valence-corrected chi connectivity index (χ0v) is 9.71. The van der Waals surface area contributed by atoms with E-state index in [1.165, 1.54) is 19.2 Å². The van der Waals surface area contributed by atoms with Gasteiger partial charge in [-0.2, -0.15) is 0 Å². The maximum absolute atomic E-state index is 9.82. The number of aromatic hydroxyl groups is 2. The zero-order chi connectivity index (χ0) is 13.0. The molecule has 0 aromatic heterocycles. The second kappa shape index (κ2) is 5.72. The molecule has 1 rings (SSSR count). The van der Waals surface area contributed by atoms with E-state index in [2.05, 4.69) is 5.32 Å². The summed E-state index contributed by atoms with van der Waals surface area (Å²) in [6.07, 6.45) is -2.20. The van der Waals surface area contributed by atoms with Crippen molar-refractivity contribution in [2.75, 3.05) is 20.7 Å². The number of aliphatic hydroxyl groups excluding tert-OH is 2. The molecular formula is C11H17NO5. The third-order valence-electron chi connectivity index (χ3n) is 2.42. The minimum absolute atomic E-state index is 0.0377. The molecule has 1 aromatic carbocycles. The number of aliphatic hydroxyl groups is 2. The molecule has 0 aliphatic carbocycles. The van der Waals surface area contributed by atoms with Crippen LogP contribution in [0.3, 0.4) is 0 Å². The maximum atomic E-state index is 9.82. The second-order valence-corrected chi connectivity index (χ2v) is 3.66. The fourth-order valence-electron chi connectivity index (χ4n) is 1.48. The Labute approximate surface area is 99.1 Å². The van der Waals surface area contributed by atoms with Crippen molar-refractivity contribution in [2.45, 2.75) is 12.2 Å². The Bertz CT molecular complexity index is 382. The Morgan fingerprint density at radius 2 is 1.94 bits per heavy atom. The van der Waals surface area contributed by atoms with Gasteiger partial charge in [-0.05, 0) is 24.7 Å². The average Bonchev–Trinajstić information content (AvgIpc) is 2.31. The van der Waals surface area contributed by atoms with Gasteiger partial charge in [0.15, 0.2) is 11.5 Å². The van der Waals surface area contributed by atoms with E-state index in [0.717, 1.165) is 0 Å². The van der Waals surface area contributed by atoms with Crippen LogP contribution in [0.4, 0.5) is 0 Å². The van der Waals surface area contributed by atoms with E-state index in [1.54, 1.807) is 7.05 Å². The number of phenolic OH excluding ortho intramolecular Hbond substituents is 2. The van der Waals surface area contributed by atoms with E-state index >= 15 is 0 Å². The quantitative estimate of drug-likeness (QED) is 0.456. The molecule has 0 radical (unpaired) electrons. The fraction of sp³-hybridized carbons (Fsp3) is 0.455. The van der Waals surface area contributed by atoms with Crippen molar-refractivity contribution >= 4 is 0 Å². The van der Waals surface area contributed by atoms with Crippen molar-refractivity contribution in [1.29, 1.82) is 0 Å². The number of likely N-dealkylation sites (N-methyl/N-ethyl adjacent to an activating group) is 1. The lowest BCUT2D eigenvalue weighted by Crippen LogP contribution is -2.29. The molecule has 0 heterocycles. The number of ether oxygens (including phenoxy) is 1. The van der Waals surface area contributed by atoms with Crippen molar-refractivity contribution in [1.82, 2.24) is 5.32 Å². The molecule has 2 unspecified atom stereocenters. The average molecular weight is 243 g/mol. The molecule has 0 saturated carbocycles. The van der Waals surface area contributed by atoms with E-state index in [1.807, 2.05) is 0 Å². The summed E-state index contributed by atoms with van der Waals surface area (Å²) in [6.45, 7) is 0.200. The number of benzene rings is 1. The SMILES string of the molecule is CNCC(O)C(O)c1cc(O)c(O)c(OC)c1. The Morgan fingerprint density at radius 3 is 2.47 bits per heavy atom. The largest absolute Gasteiger partial charge is 0.504 e. The first kappa shape index (κ1) is 13.6. The van der Waals surface area contributed by atoms with Gasteiger partial charge in [-0.1, -0.05) is 0 Å². The number of phenols is 2. The third-order valence-corrected chi connectivity index (χ3v) is 2.42. The van der Waals surface area contributed by atoms with Crippen molar-refractivity contribution in [3.8, 4) is 17.2 Å². The molecule has 0 amide bonds. The highest BCUT2D eigenvalue weighted by atomic mass is 16.5. The summed E-state index contributed by atoms with van der Waals surface area (Å²) in [4.78, 5) is 0. The highest BCUT2D eigenvalue weighted by Gasteiger charge is 2.21. The van der Waals surface area contributed by atoms with Crippen molar-refractivity contribution in [3.05, 3.63) is 17.7 Å². The number of hydrogen-bond acceptors (Lipinski definition) is 6. The van der Waals surface area contributed by atoms with Crippen LogP contribution in [0.15, 0.2) is 12.1 Å². The van der Waals surface area contributed by atoms with Gasteiger partial charge < -0.3 is 30.5 Å². The van der Waals surface area contributed by atoms with Gasteiger partial charge >= 0.3 is 0 Å². The minimum Gasteiger partial charge on any atom is -0.504 e. The van der Waals surface area contributed by atoms with Crippen LogP contribution < -0.4 is 10.1 Å². The molecule has 96 valence electrons. The van der Waals surface area contributed by atoms with Gasteiger partial charge in [-0.15, -0.1) is 0 Å². The van der Waals surface area contributed by atoms with Crippen molar-refractivity contribution in [2.24, 2.45) is 0 Å². The van der Waals surface area contributed by atoms with Crippen LogP contribution >= 0.6 is 0 Å². The minimum atomic E-state index is -1.18. The summed E-state index contributed by atoms with van der Waals surface area (Å²) >= 11 is 0. The smallest absolute Gasteiger partial charge is 0.200 e. The van der Waals surface area contributed by atoms with Gasteiger partial charge in [0.2, 0.25) is 5.75 Å². The van der Waals surface area contributed by atoms with Gasteiger partial charge in [0.1, 0.15) is 6.10 Å². The van der Waals surface area contributed by atoms with Crippen LogP contribution in [-0.4, -0.2) is 47.2 Å². The van der Waals surface area contributed by atoms with Crippen LogP contribution in [0.2, 0.25) is 0 Å². The van der Waals surface area contributed by atoms with E-state index in [-0.39, 0.29) is 17.9 Å². The standard InChI is InChI=1S/C11H17NO5/c1-12-5-8(14)10(15)6-3-7(13)11(16)9(4-6)17-2/h3-4,8,10,12-16H,5H2,1-2H3. The molecule has 6 heteroatoms. The third kappa shape index (κ3) is 3.00. The van der Waals surface area contributed by atoms with E-state index in [0.29, 0.717) is 0 Å². The van der Waals surface area contributed by atoms with Gasteiger partial charge in [0.05, 0.1) is 13.2 Å². The highest BCUT2D eigenvalue weighted by molar-refractivity contribution is 5.52. The summed E-state index contributed by atoms with van der Waals surface area (Å²) in [6, 6.07) is 2.54. The number of nitrogens with one attached hydrogen (secondary N) is 1. The molecule has 1 aromatic rings. The van der Waals surface area contributed by atoms with Crippen LogP contribution in [0, 0.1) is 0 Å². The summed E-state index contributed by atoms with van der Waals surface area (Å²) < 4.78 is 4.84. The number of hydrogen-bond donors (Lipinski definition) is 5. The molecule has 2 atom stereocenters. The number of methoxy groups -OCH3 is 1. The van der Waals surface area contributed by atoms with Crippen LogP contribution in [0.5, 0.6) is 17.2 Å². The molecule has 17 heavy (non-hydrogen) atoms. The monoisotopic (exact) mass is 243 g/mol. The Hall–Kier alpha value is -1.50. The lowest BCUT2D eigenvalue weighted by molar-refractivity contribution is 0.0200. The van der Waals surface area contributed by atoms with Crippen molar-refractivity contribution < 1.29 is 25.2 Å². The normalized spacial score (nSPS) is 14.4. The molecule has 0 spiro atoms. The predicted molar refractivity (Wildman–Crippen MR) is 61.2 cm³/mol. The van der Waals surface area contributed by atoms with E-state index < -0.39 is 23.7 Å². The summed E-state index contributed by atoms with van der Waals surface area (Å²) in [5, 5.41) is 41.0. The highest BCUT2D eigenvalue weighted by Crippen LogP contribution is 2.38. The van der Waals surface area contributed by atoms with Crippen molar-refractivity contribution in [3.63, 3.8) is 0 Å². The second-order valence-electron chi connectivity index (χ2n) is 3.66. The zero-order valence-electron chi connectivity index (χ0n) is 9.71. The first-order valence-corrected chi connectivity index (χ1v) is 5.11. The van der Waals surface area contributed by atoms with Gasteiger partial charge in [-0.3, -0.25) is 0 Å². The molecule has 0 aliphatic heterocycles. The Kier molecular flexibility index (Phi) is 4.56. The lowest BCUT2D eigenvalue weighted by Gasteiger charge is -2.19. The summed E-state index contributed by atoms with van der Waals surface area (Å²) in [5.74, 6) is -0.766. The van der Waals surface area contributed by atoms with Gasteiger partial charge in [0, 0.05) is 6.54 Å². The Morgan fingerprint density at radius 1 is 1.29 bits per heavy atom. The molecule has 0 saturated heterocycles. The summed E-state index contributed by atoms with van der Waals surface area (Å²) in [5.41, 5.74) is 0.264. The van der Waals surface area contributed by atoms with Crippen LogP contribution in [0.1, 0.15) is 11.7 Å². The fourth-order valence-corrected chi connectivity index (χ4v) is 1.48. The maximum Gasteiger partial charge on any atom is 0.200 e. The van der Waals surface area contributed by atoms with Crippen LogP contribution in [0.25, 0.3) is 0 Å². The molecule has 5 N–H and O–H groups in total. The van der Waals surface area contributed by atoms with Crippen LogP contribution in [-0.2, 0) is 0 Å². The summed E-state index contributed by atoms with van der Waals surface area (Å²) in [7, 11) is 2.97. The number of rotatable bonds is 5. The Balaban J connectivity index is 3.02. The lowest BCUT2D eigenvalue weighted by atomic mass is 10.0. The first-order valence-electron chi connectivity index (χ1n) is 5.11.